The van der Waals surface area contributed by atoms with Crippen molar-refractivity contribution in [3.8, 4) is 11.5 Å². The smallest absolute Gasteiger partial charge is 0.160 e. The molecule has 1 rings (SSSR count). The van der Waals surface area contributed by atoms with Crippen molar-refractivity contribution in [3.05, 3.63) is 23.8 Å². The molecule has 0 amide bonds. The third-order valence-electron chi connectivity index (χ3n) is 2.36. The van der Waals surface area contributed by atoms with Crippen LogP contribution in [0.1, 0.15) is 12.0 Å². The van der Waals surface area contributed by atoms with Crippen LogP contribution in [0.4, 0.5) is 0 Å². The molecule has 0 aliphatic heterocycles. The number of phenols is 1. The fraction of sp³-hybridized carbons (Fsp3) is 0.500. The summed E-state index contributed by atoms with van der Waals surface area (Å²) < 4.78 is 15.9. The van der Waals surface area contributed by atoms with Crippen molar-refractivity contribution in [2.24, 2.45) is 0 Å². The molecule has 0 fully saturated rings. The van der Waals surface area contributed by atoms with Gasteiger partial charge in [0, 0.05) is 29.4 Å². The Morgan fingerprint density at radius 1 is 1.47 bits per heavy atom. The van der Waals surface area contributed by atoms with E-state index in [0.29, 0.717) is 12.3 Å². The Morgan fingerprint density at radius 3 is 2.88 bits per heavy atom. The summed E-state index contributed by atoms with van der Waals surface area (Å²) in [5.41, 5.74) is 1.05. The van der Waals surface area contributed by atoms with Gasteiger partial charge < -0.3 is 15.2 Å². The van der Waals surface area contributed by atoms with Crippen molar-refractivity contribution in [1.29, 1.82) is 0 Å². The zero-order valence-corrected chi connectivity index (χ0v) is 11.0. The van der Waals surface area contributed by atoms with Gasteiger partial charge in [-0.2, -0.15) is 0 Å². The van der Waals surface area contributed by atoms with E-state index in [1.54, 1.807) is 18.4 Å². The van der Waals surface area contributed by atoms with Crippen molar-refractivity contribution in [3.63, 3.8) is 0 Å². The van der Waals surface area contributed by atoms with Gasteiger partial charge in [0.2, 0.25) is 0 Å². The Hall–Kier alpha value is -1.07. The van der Waals surface area contributed by atoms with Crippen LogP contribution in [0.25, 0.3) is 0 Å². The molecular weight excluding hydrogens is 238 g/mol. The van der Waals surface area contributed by atoms with E-state index in [9.17, 15) is 9.32 Å². The fourth-order valence-corrected chi connectivity index (χ4v) is 2.02. The molecule has 0 aliphatic carbocycles. The van der Waals surface area contributed by atoms with Crippen LogP contribution in [0.5, 0.6) is 11.5 Å². The van der Waals surface area contributed by atoms with Gasteiger partial charge >= 0.3 is 0 Å². The molecule has 96 valence electrons. The summed E-state index contributed by atoms with van der Waals surface area (Å²) in [4.78, 5) is 0. The minimum absolute atomic E-state index is 0.151. The fourth-order valence-electron chi connectivity index (χ4n) is 1.47. The lowest BCUT2D eigenvalue weighted by molar-refractivity contribution is 0.373. The Bertz CT molecular complexity index is 382. The molecule has 0 aromatic heterocycles. The maximum absolute atomic E-state index is 10.8. The molecule has 0 saturated heterocycles. The van der Waals surface area contributed by atoms with Gasteiger partial charge in [-0.05, 0) is 30.7 Å². The Labute approximate surface area is 104 Å². The number of benzene rings is 1. The van der Waals surface area contributed by atoms with E-state index in [-0.39, 0.29) is 5.75 Å². The first kappa shape index (κ1) is 14.0. The van der Waals surface area contributed by atoms with Gasteiger partial charge in [-0.15, -0.1) is 0 Å². The molecular formula is C12H19NO3S. The molecule has 0 saturated carbocycles. The first-order chi connectivity index (χ1) is 8.13. The maximum Gasteiger partial charge on any atom is 0.160 e. The number of aromatic hydroxyl groups is 1. The topological polar surface area (TPSA) is 58.6 Å². The Morgan fingerprint density at radius 2 is 2.24 bits per heavy atom. The lowest BCUT2D eigenvalue weighted by Crippen LogP contribution is -2.16. The first-order valence-electron chi connectivity index (χ1n) is 5.50. The zero-order chi connectivity index (χ0) is 12.7. The maximum atomic E-state index is 10.8. The number of phenolic OH excluding ortho intramolecular Hbond substituents is 1. The first-order valence-corrected chi connectivity index (χ1v) is 7.23. The van der Waals surface area contributed by atoms with Gasteiger partial charge in [0.1, 0.15) is 0 Å². The molecule has 1 atom stereocenters. The zero-order valence-electron chi connectivity index (χ0n) is 10.2. The average Bonchev–Trinajstić information content (AvgIpc) is 2.30. The second kappa shape index (κ2) is 7.29. The average molecular weight is 257 g/mol. The molecule has 0 radical (unpaired) electrons. The van der Waals surface area contributed by atoms with Crippen LogP contribution in [-0.2, 0) is 17.3 Å². The molecule has 1 aromatic carbocycles. The van der Waals surface area contributed by atoms with E-state index in [2.05, 4.69) is 5.32 Å². The van der Waals surface area contributed by atoms with Crippen LogP contribution in [0.2, 0.25) is 0 Å². The minimum Gasteiger partial charge on any atom is -0.504 e. The monoisotopic (exact) mass is 257 g/mol. The number of hydrogen-bond donors (Lipinski definition) is 2. The largest absolute Gasteiger partial charge is 0.504 e. The van der Waals surface area contributed by atoms with Crippen molar-refractivity contribution in [2.45, 2.75) is 13.0 Å². The van der Waals surface area contributed by atoms with Gasteiger partial charge in [0.05, 0.1) is 7.11 Å². The Kier molecular flexibility index (Phi) is 6.00. The van der Waals surface area contributed by atoms with Crippen molar-refractivity contribution in [1.82, 2.24) is 5.32 Å². The van der Waals surface area contributed by atoms with E-state index in [0.717, 1.165) is 24.3 Å². The number of rotatable bonds is 7. The summed E-state index contributed by atoms with van der Waals surface area (Å²) in [5, 5.41) is 12.7. The third-order valence-corrected chi connectivity index (χ3v) is 3.22. The van der Waals surface area contributed by atoms with E-state index >= 15 is 0 Å². The van der Waals surface area contributed by atoms with Crippen LogP contribution < -0.4 is 10.1 Å². The van der Waals surface area contributed by atoms with Crippen LogP contribution in [0.15, 0.2) is 18.2 Å². The minimum atomic E-state index is -0.715. The van der Waals surface area contributed by atoms with Crippen molar-refractivity contribution in [2.75, 3.05) is 25.7 Å². The standard InChI is InChI=1S/C12H19NO3S/c1-16-12-8-10(4-5-11(12)14)9-13-6-3-7-17(2)15/h4-5,8,13-14H,3,6-7,9H2,1-2H3. The Balaban J connectivity index is 2.34. The molecule has 4 nitrogen and oxygen atoms in total. The van der Waals surface area contributed by atoms with Crippen molar-refractivity contribution < 1.29 is 14.1 Å². The molecule has 17 heavy (non-hydrogen) atoms. The second-order valence-electron chi connectivity index (χ2n) is 3.81. The van der Waals surface area contributed by atoms with Crippen LogP contribution in [0, 0.1) is 0 Å². The SMILES string of the molecule is COc1cc(CNCCCS(C)=O)ccc1O. The number of ether oxygens (including phenoxy) is 1. The molecule has 0 bridgehead atoms. The summed E-state index contributed by atoms with van der Waals surface area (Å²) in [7, 11) is 0.816. The van der Waals surface area contributed by atoms with E-state index in [1.165, 1.54) is 7.11 Å². The second-order valence-corrected chi connectivity index (χ2v) is 5.37. The number of methoxy groups -OCH3 is 1. The molecule has 1 unspecified atom stereocenters. The van der Waals surface area contributed by atoms with Gasteiger partial charge in [0.25, 0.3) is 0 Å². The van der Waals surface area contributed by atoms with E-state index < -0.39 is 10.8 Å². The van der Waals surface area contributed by atoms with E-state index in [1.807, 2.05) is 6.07 Å². The van der Waals surface area contributed by atoms with Crippen LogP contribution in [-0.4, -0.2) is 35.0 Å². The molecule has 2 N–H and O–H groups in total. The van der Waals surface area contributed by atoms with Gasteiger partial charge in [-0.25, -0.2) is 0 Å². The summed E-state index contributed by atoms with van der Waals surface area (Å²) in [6.07, 6.45) is 2.61. The lowest BCUT2D eigenvalue weighted by Gasteiger charge is -2.07. The number of hydrogen-bond acceptors (Lipinski definition) is 4. The highest BCUT2D eigenvalue weighted by Crippen LogP contribution is 2.25. The van der Waals surface area contributed by atoms with Crippen LogP contribution >= 0.6 is 0 Å². The molecule has 0 spiro atoms. The normalized spacial score (nSPS) is 12.4. The lowest BCUT2D eigenvalue weighted by atomic mass is 10.2. The summed E-state index contributed by atoms with van der Waals surface area (Å²) in [5.74, 6) is 1.36. The van der Waals surface area contributed by atoms with Gasteiger partial charge in [-0.1, -0.05) is 6.07 Å². The highest BCUT2D eigenvalue weighted by Gasteiger charge is 2.02. The molecule has 1 aromatic rings. The summed E-state index contributed by atoms with van der Waals surface area (Å²) in [6, 6.07) is 5.28. The third kappa shape index (κ3) is 5.19. The summed E-state index contributed by atoms with van der Waals surface area (Å²) in [6.45, 7) is 1.55. The van der Waals surface area contributed by atoms with Crippen molar-refractivity contribution >= 4 is 10.8 Å². The van der Waals surface area contributed by atoms with Gasteiger partial charge in [0.15, 0.2) is 11.5 Å². The highest BCUT2D eigenvalue weighted by molar-refractivity contribution is 7.84. The van der Waals surface area contributed by atoms with Gasteiger partial charge in [-0.3, -0.25) is 4.21 Å². The molecule has 5 heteroatoms. The van der Waals surface area contributed by atoms with E-state index in [4.69, 9.17) is 4.74 Å². The predicted octanol–water partition coefficient (Wildman–Crippen LogP) is 1.26. The molecule has 0 heterocycles. The highest BCUT2D eigenvalue weighted by atomic mass is 32.2. The molecule has 0 aliphatic rings. The summed E-state index contributed by atoms with van der Waals surface area (Å²) >= 11 is 0. The number of nitrogens with one attached hydrogen (secondary N) is 1. The predicted molar refractivity (Wildman–Crippen MR) is 69.9 cm³/mol. The van der Waals surface area contributed by atoms with Crippen LogP contribution in [0.3, 0.4) is 0 Å². The quantitative estimate of drug-likeness (QED) is 0.722.